The topological polar surface area (TPSA) is 55.3 Å². The van der Waals surface area contributed by atoms with Crippen molar-refractivity contribution in [3.05, 3.63) is 23.2 Å². The molecule has 1 aliphatic rings. The molecule has 0 bridgehead atoms. The Morgan fingerprint density at radius 3 is 3.12 bits per heavy atom. The maximum absolute atomic E-state index is 12.0. The van der Waals surface area contributed by atoms with Crippen LogP contribution in [-0.4, -0.2) is 46.6 Å². The third-order valence-electron chi connectivity index (χ3n) is 2.35. The first-order chi connectivity index (χ1) is 7.66. The van der Waals surface area contributed by atoms with Crippen molar-refractivity contribution in [2.45, 2.75) is 13.0 Å². The van der Waals surface area contributed by atoms with Crippen LogP contribution in [0.3, 0.4) is 0 Å². The van der Waals surface area contributed by atoms with E-state index < -0.39 is 0 Å². The van der Waals surface area contributed by atoms with Crippen LogP contribution < -0.4 is 0 Å². The fraction of sp³-hybridized carbons (Fsp3) is 0.500. The number of carbonyl (C=O) groups is 1. The third-order valence-corrected chi connectivity index (χ3v) is 2.53. The molecule has 0 spiro atoms. The van der Waals surface area contributed by atoms with E-state index in [1.54, 1.807) is 4.90 Å². The molecule has 1 aromatic heterocycles. The zero-order valence-corrected chi connectivity index (χ0v) is 9.65. The minimum absolute atomic E-state index is 0.0600. The quantitative estimate of drug-likeness (QED) is 0.736. The van der Waals surface area contributed by atoms with E-state index in [-0.39, 0.29) is 22.9 Å². The molecule has 86 valence electrons. The van der Waals surface area contributed by atoms with Gasteiger partial charge in [-0.3, -0.25) is 9.78 Å². The van der Waals surface area contributed by atoms with E-state index in [0.29, 0.717) is 19.7 Å². The molecule has 1 saturated heterocycles. The molecule has 1 amide bonds. The average Bonchev–Trinajstić information content (AvgIpc) is 2.28. The van der Waals surface area contributed by atoms with E-state index in [0.717, 1.165) is 0 Å². The monoisotopic (exact) mass is 241 g/mol. The van der Waals surface area contributed by atoms with E-state index in [4.69, 9.17) is 16.3 Å². The first kappa shape index (κ1) is 11.3. The Morgan fingerprint density at radius 2 is 2.44 bits per heavy atom. The van der Waals surface area contributed by atoms with Crippen molar-refractivity contribution in [3.63, 3.8) is 0 Å². The van der Waals surface area contributed by atoms with Gasteiger partial charge in [-0.2, -0.15) is 0 Å². The second kappa shape index (κ2) is 4.76. The van der Waals surface area contributed by atoms with E-state index in [2.05, 4.69) is 9.97 Å². The Hall–Kier alpha value is -1.20. The van der Waals surface area contributed by atoms with E-state index in [1.807, 2.05) is 6.92 Å². The molecule has 6 heteroatoms. The summed E-state index contributed by atoms with van der Waals surface area (Å²) >= 11 is 5.69. The SMILES string of the molecule is C[C@@H]1CN(C(=O)c2cncc(Cl)n2)CCO1. The van der Waals surface area contributed by atoms with Crippen molar-refractivity contribution in [1.29, 1.82) is 0 Å². The fourth-order valence-corrected chi connectivity index (χ4v) is 1.76. The lowest BCUT2D eigenvalue weighted by Crippen LogP contribution is -2.44. The number of aromatic nitrogens is 2. The van der Waals surface area contributed by atoms with E-state index in [1.165, 1.54) is 12.4 Å². The smallest absolute Gasteiger partial charge is 0.274 e. The molecule has 1 aromatic rings. The van der Waals surface area contributed by atoms with Gasteiger partial charge in [0, 0.05) is 13.1 Å². The highest BCUT2D eigenvalue weighted by Gasteiger charge is 2.23. The number of ether oxygens (including phenoxy) is 1. The second-order valence-electron chi connectivity index (χ2n) is 3.66. The summed E-state index contributed by atoms with van der Waals surface area (Å²) in [7, 11) is 0. The van der Waals surface area contributed by atoms with E-state index in [9.17, 15) is 4.79 Å². The normalized spacial score (nSPS) is 20.9. The van der Waals surface area contributed by atoms with Crippen molar-refractivity contribution in [2.24, 2.45) is 0 Å². The summed E-state index contributed by atoms with van der Waals surface area (Å²) < 4.78 is 5.36. The highest BCUT2D eigenvalue weighted by atomic mass is 35.5. The lowest BCUT2D eigenvalue weighted by atomic mass is 10.2. The number of carbonyl (C=O) groups excluding carboxylic acids is 1. The van der Waals surface area contributed by atoms with Crippen LogP contribution >= 0.6 is 11.6 Å². The highest BCUT2D eigenvalue weighted by molar-refractivity contribution is 6.29. The Morgan fingerprint density at radius 1 is 1.62 bits per heavy atom. The lowest BCUT2D eigenvalue weighted by Gasteiger charge is -2.30. The number of hydrogen-bond donors (Lipinski definition) is 0. The summed E-state index contributed by atoms with van der Waals surface area (Å²) in [6.45, 7) is 3.65. The number of morpholine rings is 1. The molecule has 0 radical (unpaired) electrons. The molecule has 0 aromatic carbocycles. The molecular weight excluding hydrogens is 230 g/mol. The predicted octanol–water partition coefficient (Wildman–Crippen LogP) is 0.991. The Labute approximate surface area is 98.4 Å². The minimum Gasteiger partial charge on any atom is -0.375 e. The van der Waals surface area contributed by atoms with Crippen LogP contribution in [0.5, 0.6) is 0 Å². The molecular formula is C10H12ClN3O2. The molecule has 16 heavy (non-hydrogen) atoms. The zero-order valence-electron chi connectivity index (χ0n) is 8.89. The standard InChI is InChI=1S/C10H12ClN3O2/c1-7-6-14(2-3-16-7)10(15)8-4-12-5-9(11)13-8/h4-5,7H,2-3,6H2,1H3/t7-/m1/s1. The number of amides is 1. The third kappa shape index (κ3) is 2.48. The number of halogens is 1. The van der Waals surface area contributed by atoms with Gasteiger partial charge >= 0.3 is 0 Å². The minimum atomic E-state index is -0.148. The van der Waals surface area contributed by atoms with Gasteiger partial charge in [0.05, 0.1) is 25.1 Å². The molecule has 2 heterocycles. The van der Waals surface area contributed by atoms with Crippen LogP contribution in [-0.2, 0) is 4.74 Å². The van der Waals surface area contributed by atoms with E-state index >= 15 is 0 Å². The fourth-order valence-electron chi connectivity index (χ4n) is 1.61. The predicted molar refractivity (Wildman–Crippen MR) is 58.4 cm³/mol. The van der Waals surface area contributed by atoms with Crippen molar-refractivity contribution in [3.8, 4) is 0 Å². The van der Waals surface area contributed by atoms with Gasteiger partial charge in [-0.05, 0) is 6.92 Å². The van der Waals surface area contributed by atoms with Gasteiger partial charge in [0.1, 0.15) is 10.8 Å². The van der Waals surface area contributed by atoms with Gasteiger partial charge in [-0.1, -0.05) is 11.6 Å². The molecule has 0 aliphatic carbocycles. The van der Waals surface area contributed by atoms with Crippen molar-refractivity contribution in [1.82, 2.24) is 14.9 Å². The molecule has 5 nitrogen and oxygen atoms in total. The number of rotatable bonds is 1. The first-order valence-corrected chi connectivity index (χ1v) is 5.43. The summed E-state index contributed by atoms with van der Waals surface area (Å²) in [5, 5.41) is 0.229. The molecule has 1 fully saturated rings. The maximum atomic E-state index is 12.0. The number of nitrogens with zero attached hydrogens (tertiary/aromatic N) is 3. The summed E-state index contributed by atoms with van der Waals surface area (Å²) in [4.78, 5) is 21.5. The van der Waals surface area contributed by atoms with Crippen LogP contribution in [0.25, 0.3) is 0 Å². The molecule has 0 unspecified atom stereocenters. The van der Waals surface area contributed by atoms with Gasteiger partial charge in [-0.15, -0.1) is 0 Å². The first-order valence-electron chi connectivity index (χ1n) is 5.05. The van der Waals surface area contributed by atoms with Gasteiger partial charge in [0.2, 0.25) is 0 Å². The lowest BCUT2D eigenvalue weighted by molar-refractivity contribution is -0.0126. The average molecular weight is 242 g/mol. The largest absolute Gasteiger partial charge is 0.375 e. The Bertz CT molecular complexity index is 399. The summed E-state index contributed by atoms with van der Waals surface area (Å²) in [6, 6.07) is 0. The Balaban J connectivity index is 2.12. The molecule has 1 atom stereocenters. The summed E-state index contributed by atoms with van der Waals surface area (Å²) in [5.41, 5.74) is 0.279. The van der Waals surface area contributed by atoms with Crippen molar-refractivity contribution < 1.29 is 9.53 Å². The number of hydrogen-bond acceptors (Lipinski definition) is 4. The van der Waals surface area contributed by atoms with Gasteiger partial charge in [0.25, 0.3) is 5.91 Å². The summed E-state index contributed by atoms with van der Waals surface area (Å²) in [5.74, 6) is -0.148. The zero-order chi connectivity index (χ0) is 11.5. The van der Waals surface area contributed by atoms with Crippen LogP contribution in [0.1, 0.15) is 17.4 Å². The van der Waals surface area contributed by atoms with Gasteiger partial charge in [0.15, 0.2) is 0 Å². The van der Waals surface area contributed by atoms with Crippen LogP contribution in [0.2, 0.25) is 5.15 Å². The Kier molecular flexibility index (Phi) is 3.36. The maximum Gasteiger partial charge on any atom is 0.274 e. The van der Waals surface area contributed by atoms with Gasteiger partial charge in [-0.25, -0.2) is 4.98 Å². The van der Waals surface area contributed by atoms with Crippen molar-refractivity contribution in [2.75, 3.05) is 19.7 Å². The second-order valence-corrected chi connectivity index (χ2v) is 4.05. The molecule has 2 rings (SSSR count). The van der Waals surface area contributed by atoms with Crippen LogP contribution in [0.4, 0.5) is 0 Å². The van der Waals surface area contributed by atoms with Gasteiger partial charge < -0.3 is 9.64 Å². The summed E-state index contributed by atoms with van der Waals surface area (Å²) in [6.07, 6.45) is 2.89. The van der Waals surface area contributed by atoms with Crippen LogP contribution in [0.15, 0.2) is 12.4 Å². The van der Waals surface area contributed by atoms with Crippen molar-refractivity contribution >= 4 is 17.5 Å². The molecule has 0 N–H and O–H groups in total. The van der Waals surface area contributed by atoms with Crippen LogP contribution in [0, 0.1) is 0 Å². The molecule has 1 aliphatic heterocycles. The molecule has 0 saturated carbocycles. The highest BCUT2D eigenvalue weighted by Crippen LogP contribution is 2.10.